The molecule has 0 spiro atoms. The molecule has 1 aliphatic heterocycles. The zero-order chi connectivity index (χ0) is 7.84. The van der Waals surface area contributed by atoms with Crippen LogP contribution >= 0.6 is 0 Å². The first-order valence-corrected chi connectivity index (χ1v) is 4.57. The van der Waals surface area contributed by atoms with Crippen molar-refractivity contribution in [3.63, 3.8) is 0 Å². The smallest absolute Gasteiger partial charge is 0.0619 e. The van der Waals surface area contributed by atoms with Gasteiger partial charge in [-0.05, 0) is 32.1 Å². The number of aliphatic hydroxyl groups is 1. The maximum absolute atomic E-state index is 9.73. The van der Waals surface area contributed by atoms with E-state index in [2.05, 4.69) is 6.92 Å². The lowest BCUT2D eigenvalue weighted by molar-refractivity contribution is 0.0676. The highest BCUT2D eigenvalue weighted by Gasteiger charge is 2.38. The summed E-state index contributed by atoms with van der Waals surface area (Å²) in [6.45, 7) is 2.86. The molecule has 0 bridgehead atoms. The number of hydrogen-bond donors (Lipinski definition) is 1. The quantitative estimate of drug-likeness (QED) is 0.650. The summed E-state index contributed by atoms with van der Waals surface area (Å²) in [6.07, 6.45) is 3.81. The third-order valence-corrected chi connectivity index (χ3v) is 2.82. The van der Waals surface area contributed by atoms with Crippen molar-refractivity contribution in [2.45, 2.75) is 38.4 Å². The first-order valence-electron chi connectivity index (χ1n) is 4.57. The lowest BCUT2D eigenvalue weighted by Gasteiger charge is -2.14. The molecular weight excluding hydrogens is 140 g/mol. The minimum absolute atomic E-state index is 0.0695. The van der Waals surface area contributed by atoms with Crippen LogP contribution in [0.1, 0.15) is 26.2 Å². The van der Waals surface area contributed by atoms with E-state index < -0.39 is 0 Å². The van der Waals surface area contributed by atoms with Gasteiger partial charge in [-0.1, -0.05) is 0 Å². The molecule has 1 saturated heterocycles. The van der Waals surface area contributed by atoms with Gasteiger partial charge in [-0.2, -0.15) is 0 Å². The number of hydrogen-bond acceptors (Lipinski definition) is 2. The Bertz CT molecular complexity index is 142. The molecule has 1 N–H and O–H groups in total. The molecule has 1 aliphatic carbocycles. The molecule has 1 heterocycles. The standard InChI is InChI=1S/C9H16O2/c1-6-4-8(5-11-6)9(10)7-2-3-7/h6-10H,2-5H2,1H3. The molecule has 1 saturated carbocycles. The van der Waals surface area contributed by atoms with Crippen LogP contribution in [0, 0.1) is 11.8 Å². The highest BCUT2D eigenvalue weighted by molar-refractivity contribution is 4.88. The Morgan fingerprint density at radius 1 is 1.36 bits per heavy atom. The van der Waals surface area contributed by atoms with Gasteiger partial charge in [0.25, 0.3) is 0 Å². The fraction of sp³-hybridized carbons (Fsp3) is 1.00. The van der Waals surface area contributed by atoms with E-state index in [1.54, 1.807) is 0 Å². The summed E-state index contributed by atoms with van der Waals surface area (Å²) in [5.74, 6) is 1.03. The number of ether oxygens (including phenoxy) is 1. The Hall–Kier alpha value is -0.0800. The molecule has 0 radical (unpaired) electrons. The van der Waals surface area contributed by atoms with E-state index in [9.17, 15) is 5.11 Å². The van der Waals surface area contributed by atoms with Crippen LogP contribution in [0.4, 0.5) is 0 Å². The maximum Gasteiger partial charge on any atom is 0.0619 e. The van der Waals surface area contributed by atoms with Crippen LogP contribution in [0.2, 0.25) is 0 Å². The second-order valence-corrected chi connectivity index (χ2v) is 3.97. The van der Waals surface area contributed by atoms with Crippen LogP contribution in [0.5, 0.6) is 0 Å². The zero-order valence-corrected chi connectivity index (χ0v) is 6.99. The van der Waals surface area contributed by atoms with Crippen molar-refractivity contribution in [3.05, 3.63) is 0 Å². The third-order valence-electron chi connectivity index (χ3n) is 2.82. The lowest BCUT2D eigenvalue weighted by atomic mass is 9.96. The van der Waals surface area contributed by atoms with Gasteiger partial charge in [-0.3, -0.25) is 0 Å². The van der Waals surface area contributed by atoms with Crippen LogP contribution in [0.25, 0.3) is 0 Å². The Kier molecular flexibility index (Phi) is 1.90. The van der Waals surface area contributed by atoms with E-state index in [0.29, 0.717) is 17.9 Å². The molecule has 2 heteroatoms. The molecule has 2 aliphatic rings. The average Bonchev–Trinajstić information content (AvgIpc) is 2.74. The van der Waals surface area contributed by atoms with Gasteiger partial charge in [0.15, 0.2) is 0 Å². The summed E-state index contributed by atoms with van der Waals surface area (Å²) >= 11 is 0. The first-order chi connectivity index (χ1) is 5.27. The summed E-state index contributed by atoms with van der Waals surface area (Å²) in [7, 11) is 0. The SMILES string of the molecule is CC1CC(C(O)C2CC2)CO1. The molecule has 3 atom stereocenters. The van der Waals surface area contributed by atoms with Gasteiger partial charge in [-0.15, -0.1) is 0 Å². The predicted octanol–water partition coefficient (Wildman–Crippen LogP) is 1.18. The monoisotopic (exact) mass is 156 g/mol. The topological polar surface area (TPSA) is 29.5 Å². The molecule has 2 rings (SSSR count). The van der Waals surface area contributed by atoms with Crippen LogP contribution in [-0.4, -0.2) is 23.9 Å². The van der Waals surface area contributed by atoms with Crippen molar-refractivity contribution >= 4 is 0 Å². The lowest BCUT2D eigenvalue weighted by Crippen LogP contribution is -2.22. The van der Waals surface area contributed by atoms with Crippen molar-refractivity contribution in [2.75, 3.05) is 6.61 Å². The van der Waals surface area contributed by atoms with Crippen molar-refractivity contribution in [3.8, 4) is 0 Å². The minimum atomic E-state index is -0.0695. The summed E-state index contributed by atoms with van der Waals surface area (Å²) < 4.78 is 5.40. The van der Waals surface area contributed by atoms with E-state index in [4.69, 9.17) is 4.74 Å². The number of aliphatic hydroxyl groups excluding tert-OH is 1. The summed E-state index contributed by atoms with van der Waals surface area (Å²) in [4.78, 5) is 0. The van der Waals surface area contributed by atoms with E-state index in [-0.39, 0.29) is 6.10 Å². The van der Waals surface area contributed by atoms with Gasteiger partial charge < -0.3 is 9.84 Å². The molecule has 3 unspecified atom stereocenters. The fourth-order valence-electron chi connectivity index (χ4n) is 1.91. The van der Waals surface area contributed by atoms with E-state index in [0.717, 1.165) is 13.0 Å². The van der Waals surface area contributed by atoms with Crippen molar-refractivity contribution in [1.82, 2.24) is 0 Å². The Morgan fingerprint density at radius 3 is 2.55 bits per heavy atom. The highest BCUT2D eigenvalue weighted by atomic mass is 16.5. The van der Waals surface area contributed by atoms with Crippen LogP contribution < -0.4 is 0 Å². The summed E-state index contributed by atoms with van der Waals surface area (Å²) in [5, 5.41) is 9.73. The normalized spacial score (nSPS) is 40.9. The minimum Gasteiger partial charge on any atom is -0.392 e. The Morgan fingerprint density at radius 2 is 2.09 bits per heavy atom. The molecule has 0 aromatic heterocycles. The maximum atomic E-state index is 9.73. The third kappa shape index (κ3) is 1.57. The van der Waals surface area contributed by atoms with Crippen molar-refractivity contribution in [1.29, 1.82) is 0 Å². The van der Waals surface area contributed by atoms with Gasteiger partial charge in [0.05, 0.1) is 18.8 Å². The zero-order valence-electron chi connectivity index (χ0n) is 6.99. The predicted molar refractivity (Wildman–Crippen MR) is 42.3 cm³/mol. The van der Waals surface area contributed by atoms with Gasteiger partial charge in [0.2, 0.25) is 0 Å². The number of rotatable bonds is 2. The second-order valence-electron chi connectivity index (χ2n) is 3.97. The van der Waals surface area contributed by atoms with E-state index in [1.165, 1.54) is 12.8 Å². The fourth-order valence-corrected chi connectivity index (χ4v) is 1.91. The van der Waals surface area contributed by atoms with Crippen LogP contribution in [0.15, 0.2) is 0 Å². The van der Waals surface area contributed by atoms with Crippen molar-refractivity contribution < 1.29 is 9.84 Å². The van der Waals surface area contributed by atoms with E-state index >= 15 is 0 Å². The van der Waals surface area contributed by atoms with Crippen molar-refractivity contribution in [2.24, 2.45) is 11.8 Å². The van der Waals surface area contributed by atoms with Gasteiger partial charge in [0, 0.05) is 5.92 Å². The molecule has 0 amide bonds. The summed E-state index contributed by atoms with van der Waals surface area (Å²) in [5.41, 5.74) is 0. The van der Waals surface area contributed by atoms with Gasteiger partial charge >= 0.3 is 0 Å². The molecule has 2 nitrogen and oxygen atoms in total. The Labute approximate surface area is 67.6 Å². The van der Waals surface area contributed by atoms with Crippen LogP contribution in [0.3, 0.4) is 0 Å². The molecule has 0 aromatic rings. The van der Waals surface area contributed by atoms with Crippen LogP contribution in [-0.2, 0) is 4.74 Å². The largest absolute Gasteiger partial charge is 0.392 e. The molecule has 0 aromatic carbocycles. The second kappa shape index (κ2) is 2.76. The molecule has 64 valence electrons. The Balaban J connectivity index is 1.84. The average molecular weight is 156 g/mol. The molecular formula is C9H16O2. The van der Waals surface area contributed by atoms with E-state index in [1.807, 2.05) is 0 Å². The summed E-state index contributed by atoms with van der Waals surface area (Å²) in [6, 6.07) is 0. The molecule has 2 fully saturated rings. The van der Waals surface area contributed by atoms with Gasteiger partial charge in [0.1, 0.15) is 0 Å². The highest BCUT2D eigenvalue weighted by Crippen LogP contribution is 2.38. The molecule has 11 heavy (non-hydrogen) atoms. The first kappa shape index (κ1) is 7.56. The van der Waals surface area contributed by atoms with Gasteiger partial charge in [-0.25, -0.2) is 0 Å².